The molecule has 0 bridgehead atoms. The molecule has 2 atom stereocenters. The Labute approximate surface area is 92.1 Å². The first kappa shape index (κ1) is 11.6. The van der Waals surface area contributed by atoms with Crippen LogP contribution in [0.4, 0.5) is 0 Å². The van der Waals surface area contributed by atoms with Gasteiger partial charge in [-0.25, -0.2) is 0 Å². The molecule has 1 heterocycles. The number of thioether (sulfide) groups is 1. The quantitative estimate of drug-likeness (QED) is 0.599. The van der Waals surface area contributed by atoms with Crippen molar-refractivity contribution < 1.29 is 0 Å². The number of rotatable bonds is 0. The van der Waals surface area contributed by atoms with Crippen LogP contribution in [0.1, 0.15) is 44.7 Å². The Kier molecular flexibility index (Phi) is 4.06. The summed E-state index contributed by atoms with van der Waals surface area (Å²) in [5.41, 5.74) is 3.03. The van der Waals surface area contributed by atoms with E-state index in [2.05, 4.69) is 39.0 Å². The van der Waals surface area contributed by atoms with Crippen molar-refractivity contribution in [3.8, 4) is 0 Å². The zero-order valence-corrected chi connectivity index (χ0v) is 10.6. The van der Waals surface area contributed by atoms with Gasteiger partial charge in [0.25, 0.3) is 0 Å². The maximum absolute atomic E-state index is 2.33. The lowest BCUT2D eigenvalue weighted by Crippen LogP contribution is -2.01. The van der Waals surface area contributed by atoms with E-state index >= 15 is 0 Å². The zero-order chi connectivity index (χ0) is 10.7. The van der Waals surface area contributed by atoms with Gasteiger partial charge in [-0.05, 0) is 30.0 Å². The lowest BCUT2D eigenvalue weighted by atomic mass is 9.95. The molecule has 1 aliphatic heterocycles. The number of hydrogen-bond acceptors (Lipinski definition) is 1. The van der Waals surface area contributed by atoms with E-state index < -0.39 is 0 Å². The Bertz CT molecular complexity index is 304. The van der Waals surface area contributed by atoms with Crippen LogP contribution in [0.5, 0.6) is 0 Å². The molecule has 0 saturated carbocycles. The summed E-state index contributed by atoms with van der Waals surface area (Å²) in [5.74, 6) is 0.728. The first-order valence-corrected chi connectivity index (χ1v) is 6.34. The van der Waals surface area contributed by atoms with Gasteiger partial charge in [0.15, 0.2) is 0 Å². The van der Waals surface area contributed by atoms with Gasteiger partial charge in [0.1, 0.15) is 0 Å². The highest BCUT2D eigenvalue weighted by Crippen LogP contribution is 2.45. The molecule has 1 aromatic rings. The Morgan fingerprint density at radius 1 is 1.14 bits per heavy atom. The van der Waals surface area contributed by atoms with Crippen LogP contribution in [0.3, 0.4) is 0 Å². The highest BCUT2D eigenvalue weighted by molar-refractivity contribution is 8.00. The standard InChI is InChI=1S/C11H14S.C2H6/c1-7-5-4-6-10-11(7)8(2)9(3)12-10;1-2/h4-6,8-9H,1-3H3;1-2H3. The molecular formula is C13H20S. The molecule has 0 amide bonds. The summed E-state index contributed by atoms with van der Waals surface area (Å²) in [7, 11) is 0. The largest absolute Gasteiger partial charge is 0.122 e. The molecule has 0 aromatic heterocycles. The van der Waals surface area contributed by atoms with E-state index in [1.807, 2.05) is 25.6 Å². The minimum atomic E-state index is 0.728. The Hall–Kier alpha value is -0.430. The second-order valence-electron chi connectivity index (χ2n) is 3.60. The van der Waals surface area contributed by atoms with Crippen LogP contribution in [-0.4, -0.2) is 5.25 Å². The minimum Gasteiger partial charge on any atom is -0.122 e. The molecule has 0 nitrogen and oxygen atoms in total. The van der Waals surface area contributed by atoms with Crippen molar-refractivity contribution in [2.75, 3.05) is 0 Å². The molecule has 0 fully saturated rings. The minimum absolute atomic E-state index is 0.728. The van der Waals surface area contributed by atoms with E-state index in [-0.39, 0.29) is 0 Å². The molecule has 2 rings (SSSR count). The molecule has 0 spiro atoms. The van der Waals surface area contributed by atoms with E-state index in [0.717, 1.165) is 11.2 Å². The van der Waals surface area contributed by atoms with Crippen molar-refractivity contribution in [3.63, 3.8) is 0 Å². The lowest BCUT2D eigenvalue weighted by molar-refractivity contribution is 0.755. The summed E-state index contributed by atoms with van der Waals surface area (Å²) in [6.45, 7) is 10.9. The third-order valence-electron chi connectivity index (χ3n) is 2.76. The SMILES string of the molecule is CC.Cc1cccc2c1C(C)C(C)S2. The normalized spacial score (nSPS) is 23.8. The fourth-order valence-electron chi connectivity index (χ4n) is 1.88. The van der Waals surface area contributed by atoms with Gasteiger partial charge in [-0.15, -0.1) is 11.8 Å². The first-order chi connectivity index (χ1) is 6.70. The number of benzene rings is 1. The maximum Gasteiger partial charge on any atom is 0.0133 e. The van der Waals surface area contributed by atoms with Crippen molar-refractivity contribution in [1.29, 1.82) is 0 Å². The monoisotopic (exact) mass is 208 g/mol. The summed E-state index contributed by atoms with van der Waals surface area (Å²) in [4.78, 5) is 1.50. The van der Waals surface area contributed by atoms with Crippen LogP contribution in [0, 0.1) is 6.92 Å². The number of hydrogen-bond donors (Lipinski definition) is 0. The van der Waals surface area contributed by atoms with Gasteiger partial charge in [0.2, 0.25) is 0 Å². The molecule has 0 N–H and O–H groups in total. The molecule has 0 saturated heterocycles. The molecule has 0 aliphatic carbocycles. The molecular weight excluding hydrogens is 188 g/mol. The third kappa shape index (κ3) is 1.98. The van der Waals surface area contributed by atoms with E-state index in [1.165, 1.54) is 10.5 Å². The average molecular weight is 208 g/mol. The predicted octanol–water partition coefficient (Wildman–Crippen LogP) is 4.62. The topological polar surface area (TPSA) is 0 Å². The van der Waals surface area contributed by atoms with Crippen LogP contribution in [0.15, 0.2) is 23.1 Å². The van der Waals surface area contributed by atoms with E-state index in [9.17, 15) is 0 Å². The molecule has 2 unspecified atom stereocenters. The van der Waals surface area contributed by atoms with Crippen molar-refractivity contribution in [2.45, 2.75) is 50.7 Å². The summed E-state index contributed by atoms with van der Waals surface area (Å²) in [6, 6.07) is 6.62. The van der Waals surface area contributed by atoms with Gasteiger partial charge in [0.05, 0.1) is 0 Å². The van der Waals surface area contributed by atoms with Crippen LogP contribution in [0.25, 0.3) is 0 Å². The van der Waals surface area contributed by atoms with Crippen LogP contribution in [-0.2, 0) is 0 Å². The fraction of sp³-hybridized carbons (Fsp3) is 0.538. The van der Waals surface area contributed by atoms with Gasteiger partial charge in [-0.3, -0.25) is 0 Å². The second kappa shape index (κ2) is 4.88. The molecule has 1 aromatic carbocycles. The van der Waals surface area contributed by atoms with Crippen molar-refractivity contribution in [1.82, 2.24) is 0 Å². The van der Waals surface area contributed by atoms with Gasteiger partial charge in [-0.1, -0.05) is 39.8 Å². The van der Waals surface area contributed by atoms with E-state index in [4.69, 9.17) is 0 Å². The number of fused-ring (bicyclic) bond motifs is 1. The van der Waals surface area contributed by atoms with Gasteiger partial charge in [-0.2, -0.15) is 0 Å². The second-order valence-corrected chi connectivity index (χ2v) is 5.02. The fourth-order valence-corrected chi connectivity index (χ4v) is 3.25. The molecule has 14 heavy (non-hydrogen) atoms. The van der Waals surface area contributed by atoms with Crippen LogP contribution in [0.2, 0.25) is 0 Å². The summed E-state index contributed by atoms with van der Waals surface area (Å²) in [5, 5.41) is 0.751. The molecule has 78 valence electrons. The summed E-state index contributed by atoms with van der Waals surface area (Å²) in [6.07, 6.45) is 0. The Balaban J connectivity index is 0.000000461. The smallest absolute Gasteiger partial charge is 0.0133 e. The van der Waals surface area contributed by atoms with Crippen molar-refractivity contribution >= 4 is 11.8 Å². The van der Waals surface area contributed by atoms with E-state index in [1.54, 1.807) is 5.56 Å². The highest BCUT2D eigenvalue weighted by atomic mass is 32.2. The first-order valence-electron chi connectivity index (χ1n) is 5.46. The molecule has 1 heteroatoms. The van der Waals surface area contributed by atoms with Crippen LogP contribution < -0.4 is 0 Å². The maximum atomic E-state index is 2.33. The van der Waals surface area contributed by atoms with Crippen molar-refractivity contribution in [3.05, 3.63) is 29.3 Å². The van der Waals surface area contributed by atoms with Crippen LogP contribution >= 0.6 is 11.8 Å². The average Bonchev–Trinajstić information content (AvgIpc) is 2.47. The zero-order valence-electron chi connectivity index (χ0n) is 9.79. The Morgan fingerprint density at radius 3 is 2.36 bits per heavy atom. The summed E-state index contributed by atoms with van der Waals surface area (Å²) < 4.78 is 0. The third-order valence-corrected chi connectivity index (χ3v) is 4.15. The van der Waals surface area contributed by atoms with E-state index in [0.29, 0.717) is 0 Å². The van der Waals surface area contributed by atoms with Gasteiger partial charge in [0, 0.05) is 10.1 Å². The van der Waals surface area contributed by atoms with Gasteiger partial charge < -0.3 is 0 Å². The Morgan fingerprint density at radius 2 is 1.79 bits per heavy atom. The summed E-state index contributed by atoms with van der Waals surface area (Å²) >= 11 is 2.01. The predicted molar refractivity (Wildman–Crippen MR) is 66.3 cm³/mol. The van der Waals surface area contributed by atoms with Gasteiger partial charge >= 0.3 is 0 Å². The lowest BCUT2D eigenvalue weighted by Gasteiger charge is -2.10. The molecule has 1 aliphatic rings. The highest BCUT2D eigenvalue weighted by Gasteiger charge is 2.27. The van der Waals surface area contributed by atoms with Crippen molar-refractivity contribution in [2.24, 2.45) is 0 Å². The number of aryl methyl sites for hydroxylation is 1. The molecule has 0 radical (unpaired) electrons.